The zero-order valence-electron chi connectivity index (χ0n) is 4.96. The summed E-state index contributed by atoms with van der Waals surface area (Å²) in [5, 5.41) is 1.12. The van der Waals surface area contributed by atoms with Crippen LogP contribution in [0.4, 0.5) is 0 Å². The van der Waals surface area contributed by atoms with Gasteiger partial charge >= 0.3 is 55.4 Å². The van der Waals surface area contributed by atoms with Gasteiger partial charge in [-0.2, -0.15) is 0 Å². The summed E-state index contributed by atoms with van der Waals surface area (Å²) in [6.07, 6.45) is 1.67. The average Bonchev–Trinajstić information content (AvgIpc) is 1.83. The molecule has 0 bridgehead atoms. The molecule has 0 aromatic carbocycles. The van der Waals surface area contributed by atoms with Crippen molar-refractivity contribution < 1.29 is 4.79 Å². The predicted molar refractivity (Wildman–Crippen MR) is 35.1 cm³/mol. The van der Waals surface area contributed by atoms with Crippen molar-refractivity contribution in [1.29, 1.82) is 0 Å². The Bertz CT molecular complexity index is 67.4. The van der Waals surface area contributed by atoms with Crippen molar-refractivity contribution in [2.75, 3.05) is 0 Å². The summed E-state index contributed by atoms with van der Waals surface area (Å²) in [6, 6.07) is -0.211. The summed E-state index contributed by atoms with van der Waals surface area (Å²) >= 11 is 0.667. The van der Waals surface area contributed by atoms with Crippen molar-refractivity contribution in [2.45, 2.75) is 23.6 Å². The standard InChI is InChI=1S/C5H11NOSe/c1-8-3-2-5(6)4-7/h4-5H,2-3,6H2,1H3/t5-/m0/s1. The van der Waals surface area contributed by atoms with Crippen LogP contribution in [0.5, 0.6) is 0 Å². The molecule has 2 nitrogen and oxygen atoms in total. The molecule has 0 aromatic heterocycles. The molecule has 0 fully saturated rings. The molecular formula is C5H11NOSe. The second-order valence-corrected chi connectivity index (χ2v) is 3.65. The van der Waals surface area contributed by atoms with Gasteiger partial charge in [0.25, 0.3) is 0 Å². The maximum absolute atomic E-state index is 9.89. The van der Waals surface area contributed by atoms with Crippen molar-refractivity contribution in [1.82, 2.24) is 0 Å². The molecule has 2 N–H and O–H groups in total. The predicted octanol–water partition coefficient (Wildman–Crippen LogP) is 0.0733. The third-order valence-corrected chi connectivity index (χ3v) is 2.18. The van der Waals surface area contributed by atoms with Crippen molar-refractivity contribution in [2.24, 2.45) is 5.73 Å². The molecule has 0 unspecified atom stereocenters. The molecule has 0 heterocycles. The molecule has 0 saturated carbocycles. The fourth-order valence-electron chi connectivity index (χ4n) is 0.322. The third-order valence-electron chi connectivity index (χ3n) is 0.830. The number of carbonyl (C=O) groups excluding carboxylic acids is 1. The Balaban J connectivity index is 2.98. The van der Waals surface area contributed by atoms with Gasteiger partial charge in [-0.05, 0) is 0 Å². The van der Waals surface area contributed by atoms with Crippen LogP contribution in [0.15, 0.2) is 0 Å². The Kier molecular flexibility index (Phi) is 5.39. The van der Waals surface area contributed by atoms with Crippen LogP contribution in [-0.2, 0) is 4.79 Å². The molecule has 0 aliphatic rings. The molecule has 0 spiro atoms. The van der Waals surface area contributed by atoms with Gasteiger partial charge in [0.05, 0.1) is 0 Å². The molecule has 0 aliphatic heterocycles. The minimum absolute atomic E-state index is 0.211. The van der Waals surface area contributed by atoms with Crippen LogP contribution in [-0.4, -0.2) is 27.3 Å². The number of carbonyl (C=O) groups is 1. The Morgan fingerprint density at radius 3 is 2.88 bits per heavy atom. The molecule has 1 atom stereocenters. The molecular weight excluding hydrogens is 169 g/mol. The maximum atomic E-state index is 9.89. The van der Waals surface area contributed by atoms with Gasteiger partial charge in [-0.1, -0.05) is 0 Å². The molecule has 0 rings (SSSR count). The minimum atomic E-state index is -0.211. The van der Waals surface area contributed by atoms with Crippen molar-refractivity contribution in [3.05, 3.63) is 0 Å². The van der Waals surface area contributed by atoms with Gasteiger partial charge in [-0.25, -0.2) is 0 Å². The third kappa shape index (κ3) is 4.31. The first kappa shape index (κ1) is 8.15. The summed E-state index contributed by atoms with van der Waals surface area (Å²) in [6.45, 7) is 0. The van der Waals surface area contributed by atoms with E-state index in [1.165, 1.54) is 0 Å². The number of hydrogen-bond donors (Lipinski definition) is 1. The van der Waals surface area contributed by atoms with Gasteiger partial charge in [-0.3, -0.25) is 0 Å². The van der Waals surface area contributed by atoms with E-state index >= 15 is 0 Å². The molecule has 0 radical (unpaired) electrons. The molecule has 48 valence electrons. The number of hydrogen-bond acceptors (Lipinski definition) is 2. The SMILES string of the molecule is C[Se]CC[C@H](N)C=O. The van der Waals surface area contributed by atoms with Gasteiger partial charge in [0.2, 0.25) is 0 Å². The van der Waals surface area contributed by atoms with Gasteiger partial charge in [-0.15, -0.1) is 0 Å². The summed E-state index contributed by atoms with van der Waals surface area (Å²) < 4.78 is 0. The first-order valence-electron chi connectivity index (χ1n) is 2.51. The van der Waals surface area contributed by atoms with E-state index in [1.807, 2.05) is 0 Å². The molecule has 0 aromatic rings. The first-order valence-corrected chi connectivity index (χ1v) is 5.43. The summed E-state index contributed by atoms with van der Waals surface area (Å²) in [4.78, 5) is 9.89. The normalized spacial score (nSPS) is 13.2. The summed E-state index contributed by atoms with van der Waals surface area (Å²) in [7, 11) is 0. The van der Waals surface area contributed by atoms with Crippen LogP contribution in [0.3, 0.4) is 0 Å². The van der Waals surface area contributed by atoms with E-state index in [9.17, 15) is 4.79 Å². The van der Waals surface area contributed by atoms with Crippen LogP contribution in [0.2, 0.25) is 11.1 Å². The fraction of sp³-hybridized carbons (Fsp3) is 0.800. The molecule has 0 saturated heterocycles. The van der Waals surface area contributed by atoms with Crippen LogP contribution in [0.25, 0.3) is 0 Å². The summed E-state index contributed by atoms with van der Waals surface area (Å²) in [5.74, 6) is 2.14. The van der Waals surface area contributed by atoms with Crippen LogP contribution >= 0.6 is 0 Å². The fourth-order valence-corrected chi connectivity index (χ4v) is 1.39. The number of aldehydes is 1. The molecule has 8 heavy (non-hydrogen) atoms. The Morgan fingerprint density at radius 2 is 2.50 bits per heavy atom. The number of nitrogens with two attached hydrogens (primary N) is 1. The van der Waals surface area contributed by atoms with Crippen molar-refractivity contribution >= 4 is 21.2 Å². The quantitative estimate of drug-likeness (QED) is 0.491. The van der Waals surface area contributed by atoms with E-state index in [-0.39, 0.29) is 6.04 Å². The Morgan fingerprint density at radius 1 is 1.88 bits per heavy atom. The van der Waals surface area contributed by atoms with Gasteiger partial charge in [0, 0.05) is 0 Å². The van der Waals surface area contributed by atoms with Gasteiger partial charge < -0.3 is 0 Å². The Hall–Kier alpha value is 0.149. The van der Waals surface area contributed by atoms with Crippen LogP contribution in [0.1, 0.15) is 6.42 Å². The monoisotopic (exact) mass is 181 g/mol. The van der Waals surface area contributed by atoms with Crippen molar-refractivity contribution in [3.8, 4) is 0 Å². The van der Waals surface area contributed by atoms with E-state index in [2.05, 4.69) is 5.82 Å². The van der Waals surface area contributed by atoms with Gasteiger partial charge in [0.1, 0.15) is 0 Å². The van der Waals surface area contributed by atoms with Crippen LogP contribution < -0.4 is 5.73 Å². The molecule has 0 aliphatic carbocycles. The average molecular weight is 180 g/mol. The van der Waals surface area contributed by atoms with E-state index in [0.29, 0.717) is 15.0 Å². The zero-order chi connectivity index (χ0) is 6.41. The second kappa shape index (κ2) is 5.29. The topological polar surface area (TPSA) is 43.1 Å². The van der Waals surface area contributed by atoms with E-state index in [1.54, 1.807) is 0 Å². The van der Waals surface area contributed by atoms with E-state index in [0.717, 1.165) is 18.0 Å². The zero-order valence-corrected chi connectivity index (χ0v) is 6.68. The molecule has 0 amide bonds. The molecule has 3 heteroatoms. The van der Waals surface area contributed by atoms with Gasteiger partial charge in [0.15, 0.2) is 0 Å². The second-order valence-electron chi connectivity index (χ2n) is 1.58. The first-order chi connectivity index (χ1) is 3.81. The van der Waals surface area contributed by atoms with Crippen molar-refractivity contribution in [3.63, 3.8) is 0 Å². The summed E-state index contributed by atoms with van der Waals surface area (Å²) in [5.41, 5.74) is 5.30. The van der Waals surface area contributed by atoms with E-state index in [4.69, 9.17) is 5.73 Å². The van der Waals surface area contributed by atoms with Crippen LogP contribution in [0, 0.1) is 0 Å². The Labute approximate surface area is 56.0 Å². The number of rotatable bonds is 4. The van der Waals surface area contributed by atoms with E-state index < -0.39 is 0 Å².